The highest BCUT2D eigenvalue weighted by molar-refractivity contribution is 5.88. The summed E-state index contributed by atoms with van der Waals surface area (Å²) in [6.45, 7) is 4.06. The summed E-state index contributed by atoms with van der Waals surface area (Å²) in [5, 5.41) is 0. The van der Waals surface area contributed by atoms with Crippen LogP contribution in [0.1, 0.15) is 45.4 Å². The van der Waals surface area contributed by atoms with Gasteiger partial charge in [0.05, 0.1) is 0 Å². The molecule has 0 aromatic carbocycles. The van der Waals surface area contributed by atoms with Crippen LogP contribution in [0.15, 0.2) is 36.5 Å². The summed E-state index contributed by atoms with van der Waals surface area (Å²) in [4.78, 5) is 13.5. The van der Waals surface area contributed by atoms with E-state index in [0.29, 0.717) is 0 Å². The first-order chi connectivity index (χ1) is 8.84. The smallest absolute Gasteiger partial charge is 0.246 e. The normalized spacial score (nSPS) is 16.6. The number of rotatable bonds is 7. The zero-order valence-corrected chi connectivity index (χ0v) is 11.5. The van der Waals surface area contributed by atoms with Crippen molar-refractivity contribution in [1.82, 2.24) is 4.90 Å². The van der Waals surface area contributed by atoms with E-state index in [1.54, 1.807) is 6.08 Å². The van der Waals surface area contributed by atoms with Gasteiger partial charge in [-0.3, -0.25) is 4.79 Å². The van der Waals surface area contributed by atoms with E-state index in [0.717, 1.165) is 32.4 Å². The zero-order valence-electron chi connectivity index (χ0n) is 11.5. The molecular weight excluding hydrogens is 222 g/mol. The van der Waals surface area contributed by atoms with E-state index in [-0.39, 0.29) is 5.91 Å². The van der Waals surface area contributed by atoms with Crippen LogP contribution in [0.25, 0.3) is 0 Å². The van der Waals surface area contributed by atoms with Crippen LogP contribution in [0.4, 0.5) is 0 Å². The first kappa shape index (κ1) is 14.7. The lowest BCUT2D eigenvalue weighted by Gasteiger charge is -2.11. The van der Waals surface area contributed by atoms with E-state index >= 15 is 0 Å². The molecular formula is C16H25NO. The molecule has 0 aromatic heterocycles. The molecule has 2 heteroatoms. The molecule has 1 saturated heterocycles. The van der Waals surface area contributed by atoms with Gasteiger partial charge < -0.3 is 4.90 Å². The molecule has 2 nitrogen and oxygen atoms in total. The molecule has 0 aliphatic carbocycles. The predicted octanol–water partition coefficient (Wildman–Crippen LogP) is 3.86. The van der Waals surface area contributed by atoms with Gasteiger partial charge in [0, 0.05) is 19.2 Å². The Hall–Kier alpha value is -1.31. The summed E-state index contributed by atoms with van der Waals surface area (Å²) in [5.41, 5.74) is 0. The molecule has 0 spiro atoms. The van der Waals surface area contributed by atoms with Crippen LogP contribution in [0.3, 0.4) is 0 Å². The van der Waals surface area contributed by atoms with Gasteiger partial charge in [0.1, 0.15) is 0 Å². The fourth-order valence-corrected chi connectivity index (χ4v) is 2.00. The van der Waals surface area contributed by atoms with E-state index in [9.17, 15) is 4.79 Å². The number of likely N-dealkylation sites (tertiary alicyclic amines) is 1. The van der Waals surface area contributed by atoms with Gasteiger partial charge in [0.25, 0.3) is 0 Å². The van der Waals surface area contributed by atoms with Gasteiger partial charge in [-0.2, -0.15) is 0 Å². The highest BCUT2D eigenvalue weighted by Gasteiger charge is 2.14. The number of carbonyl (C=O) groups excluding carboxylic acids is 1. The van der Waals surface area contributed by atoms with Gasteiger partial charge in [0.2, 0.25) is 5.91 Å². The number of hydrogen-bond donors (Lipinski definition) is 0. The van der Waals surface area contributed by atoms with Crippen molar-refractivity contribution in [2.45, 2.75) is 45.4 Å². The lowest BCUT2D eigenvalue weighted by molar-refractivity contribution is -0.124. The quantitative estimate of drug-likeness (QED) is 0.380. The summed E-state index contributed by atoms with van der Waals surface area (Å²) in [6, 6.07) is 0. The standard InChI is InChI=1S/C16H25NO/c1-2-3-4-5-6-7-8-9-10-13-16(18)17-14-11-12-15-17/h6-10,13H,2-5,11-12,14-15H2,1H3/b7-6+,9-8+,13-10+. The maximum Gasteiger partial charge on any atom is 0.246 e. The molecule has 0 unspecified atom stereocenters. The van der Waals surface area contributed by atoms with E-state index in [4.69, 9.17) is 0 Å². The number of unbranched alkanes of at least 4 members (excludes halogenated alkanes) is 3. The Morgan fingerprint density at radius 3 is 2.50 bits per heavy atom. The lowest BCUT2D eigenvalue weighted by atomic mass is 10.2. The average Bonchev–Trinajstić information content (AvgIpc) is 2.90. The number of nitrogens with zero attached hydrogens (tertiary/aromatic N) is 1. The molecule has 1 fully saturated rings. The number of amides is 1. The fourth-order valence-electron chi connectivity index (χ4n) is 2.00. The summed E-state index contributed by atoms with van der Waals surface area (Å²) in [6.07, 6.45) is 18.9. The van der Waals surface area contributed by atoms with Crippen molar-refractivity contribution in [3.63, 3.8) is 0 Å². The second-order valence-corrected chi connectivity index (χ2v) is 4.70. The minimum atomic E-state index is 0.143. The van der Waals surface area contributed by atoms with E-state index in [1.165, 1.54) is 19.3 Å². The minimum Gasteiger partial charge on any atom is -0.339 e. The molecule has 0 bridgehead atoms. The van der Waals surface area contributed by atoms with Crippen LogP contribution >= 0.6 is 0 Å². The predicted molar refractivity (Wildman–Crippen MR) is 77.4 cm³/mol. The van der Waals surface area contributed by atoms with E-state index in [2.05, 4.69) is 19.1 Å². The third kappa shape index (κ3) is 6.43. The first-order valence-corrected chi connectivity index (χ1v) is 7.13. The topological polar surface area (TPSA) is 20.3 Å². The van der Waals surface area contributed by atoms with E-state index in [1.807, 2.05) is 23.1 Å². The van der Waals surface area contributed by atoms with E-state index < -0.39 is 0 Å². The summed E-state index contributed by atoms with van der Waals surface area (Å²) < 4.78 is 0. The van der Waals surface area contributed by atoms with Crippen LogP contribution in [-0.2, 0) is 4.79 Å². The average molecular weight is 247 g/mol. The molecule has 0 radical (unpaired) electrons. The van der Waals surface area contributed by atoms with Crippen molar-refractivity contribution in [2.24, 2.45) is 0 Å². The second kappa shape index (κ2) is 9.69. The minimum absolute atomic E-state index is 0.143. The maximum absolute atomic E-state index is 11.6. The molecule has 1 heterocycles. The number of allylic oxidation sites excluding steroid dienone is 5. The highest BCUT2D eigenvalue weighted by atomic mass is 16.2. The Labute approximate surface area is 111 Å². The Morgan fingerprint density at radius 1 is 1.06 bits per heavy atom. The molecule has 100 valence electrons. The van der Waals surface area contributed by atoms with Gasteiger partial charge in [0.15, 0.2) is 0 Å². The van der Waals surface area contributed by atoms with Crippen LogP contribution in [0.2, 0.25) is 0 Å². The highest BCUT2D eigenvalue weighted by Crippen LogP contribution is 2.07. The van der Waals surface area contributed by atoms with Crippen molar-refractivity contribution < 1.29 is 4.79 Å². The molecule has 1 amide bonds. The molecule has 0 N–H and O–H groups in total. The monoisotopic (exact) mass is 247 g/mol. The van der Waals surface area contributed by atoms with Crippen molar-refractivity contribution in [1.29, 1.82) is 0 Å². The zero-order chi connectivity index (χ0) is 13.1. The van der Waals surface area contributed by atoms with Crippen molar-refractivity contribution in [3.8, 4) is 0 Å². The Bertz CT molecular complexity index is 309. The third-order valence-corrected chi connectivity index (χ3v) is 3.10. The van der Waals surface area contributed by atoms with Gasteiger partial charge in [-0.15, -0.1) is 0 Å². The number of carbonyl (C=O) groups is 1. The fraction of sp³-hybridized carbons (Fsp3) is 0.562. The van der Waals surface area contributed by atoms with Gasteiger partial charge in [-0.05, 0) is 25.7 Å². The van der Waals surface area contributed by atoms with Gasteiger partial charge in [-0.25, -0.2) is 0 Å². The lowest BCUT2D eigenvalue weighted by Crippen LogP contribution is -2.25. The third-order valence-electron chi connectivity index (χ3n) is 3.10. The largest absolute Gasteiger partial charge is 0.339 e. The maximum atomic E-state index is 11.6. The number of hydrogen-bond acceptors (Lipinski definition) is 1. The first-order valence-electron chi connectivity index (χ1n) is 7.13. The molecule has 0 saturated carbocycles. The summed E-state index contributed by atoms with van der Waals surface area (Å²) >= 11 is 0. The van der Waals surface area contributed by atoms with Crippen molar-refractivity contribution in [2.75, 3.05) is 13.1 Å². The summed E-state index contributed by atoms with van der Waals surface area (Å²) in [5.74, 6) is 0.143. The van der Waals surface area contributed by atoms with Crippen LogP contribution < -0.4 is 0 Å². The molecule has 1 aliphatic heterocycles. The van der Waals surface area contributed by atoms with Crippen molar-refractivity contribution in [3.05, 3.63) is 36.5 Å². The molecule has 0 aromatic rings. The molecule has 1 aliphatic rings. The SMILES string of the molecule is CCCCC/C=C/C=C/C=C/C(=O)N1CCCC1. The van der Waals surface area contributed by atoms with Crippen LogP contribution in [-0.4, -0.2) is 23.9 Å². The van der Waals surface area contributed by atoms with Gasteiger partial charge in [-0.1, -0.05) is 50.1 Å². The van der Waals surface area contributed by atoms with Crippen LogP contribution in [0, 0.1) is 0 Å². The Balaban J connectivity index is 2.12. The Morgan fingerprint density at radius 2 is 1.78 bits per heavy atom. The summed E-state index contributed by atoms with van der Waals surface area (Å²) in [7, 11) is 0. The molecule has 18 heavy (non-hydrogen) atoms. The molecule has 1 rings (SSSR count). The van der Waals surface area contributed by atoms with Crippen molar-refractivity contribution >= 4 is 5.91 Å². The second-order valence-electron chi connectivity index (χ2n) is 4.70. The Kier molecular flexibility index (Phi) is 7.94. The molecule has 0 atom stereocenters. The van der Waals surface area contributed by atoms with Crippen LogP contribution in [0.5, 0.6) is 0 Å². The van der Waals surface area contributed by atoms with Gasteiger partial charge >= 0.3 is 0 Å².